The van der Waals surface area contributed by atoms with E-state index in [2.05, 4.69) is 62.5 Å². The number of hydrogen-bond donors (Lipinski definition) is 1. The van der Waals surface area contributed by atoms with Crippen molar-refractivity contribution in [1.29, 1.82) is 5.26 Å². The molecule has 13 heteroatoms. The number of benzene rings is 3. The Kier molecular flexibility index (Phi) is 13.4. The fourth-order valence-corrected chi connectivity index (χ4v) is 10.2. The lowest BCUT2D eigenvalue weighted by atomic mass is 9.72. The van der Waals surface area contributed by atoms with Gasteiger partial charge in [-0.25, -0.2) is 9.46 Å². The van der Waals surface area contributed by atoms with Gasteiger partial charge in [-0.1, -0.05) is 61.5 Å². The van der Waals surface area contributed by atoms with Gasteiger partial charge in [0.05, 0.1) is 39.9 Å². The Bertz CT molecular complexity index is 2040. The Morgan fingerprint density at radius 3 is 2.07 bits per heavy atom. The summed E-state index contributed by atoms with van der Waals surface area (Å²) in [7, 11) is 1.56. The summed E-state index contributed by atoms with van der Waals surface area (Å²) < 4.78 is 43.4. The molecule has 0 radical (unpaired) electrons. The zero-order valence-corrected chi connectivity index (χ0v) is 35.0. The summed E-state index contributed by atoms with van der Waals surface area (Å²) in [5, 5.41) is 9.46. The summed E-state index contributed by atoms with van der Waals surface area (Å²) in [4.78, 5) is 28.7. The first kappa shape index (κ1) is 42.3. The molecule has 2 fully saturated rings. The quantitative estimate of drug-likeness (QED) is 0.0639. The number of rotatable bonds is 17. The van der Waals surface area contributed by atoms with Gasteiger partial charge in [-0.05, 0) is 94.3 Å². The Balaban J connectivity index is 1.54. The summed E-state index contributed by atoms with van der Waals surface area (Å²) in [5.74, 6) is 1.14. The molecule has 0 amide bonds. The third-order valence-electron chi connectivity index (χ3n) is 11.2. The minimum Gasteiger partial charge on any atom is -0.497 e. The van der Waals surface area contributed by atoms with Gasteiger partial charge in [0, 0.05) is 29.8 Å². The van der Waals surface area contributed by atoms with E-state index < -0.39 is 43.3 Å². The molecule has 1 N–H and O–H groups in total. The van der Waals surface area contributed by atoms with Crippen molar-refractivity contribution < 1.29 is 28.0 Å². The van der Waals surface area contributed by atoms with E-state index in [0.29, 0.717) is 23.5 Å². The second kappa shape index (κ2) is 18.1. The molecule has 2 heterocycles. The van der Waals surface area contributed by atoms with Crippen LogP contribution in [0.5, 0.6) is 11.5 Å². The lowest BCUT2D eigenvalue weighted by molar-refractivity contribution is -0.162. The molecule has 6 rings (SSSR count). The van der Waals surface area contributed by atoms with Crippen LogP contribution in [-0.2, 0) is 24.1 Å². The van der Waals surface area contributed by atoms with Gasteiger partial charge in [0.1, 0.15) is 35.0 Å². The number of nitrogens with one attached hydrogen (secondary N) is 1. The van der Waals surface area contributed by atoms with E-state index >= 15 is 0 Å². The van der Waals surface area contributed by atoms with Crippen LogP contribution in [0.4, 0.5) is 0 Å². The van der Waals surface area contributed by atoms with Crippen LogP contribution >= 0.6 is 8.53 Å². The molecule has 4 aromatic rings. The van der Waals surface area contributed by atoms with Crippen LogP contribution in [0, 0.1) is 30.1 Å². The molecule has 2 bridgehead atoms. The molecule has 304 valence electrons. The number of H-pyrrole nitrogens is 1. The van der Waals surface area contributed by atoms with Crippen LogP contribution in [0.3, 0.4) is 0 Å². The summed E-state index contributed by atoms with van der Waals surface area (Å²) in [5.41, 5.74) is -0.215. The second-order valence-electron chi connectivity index (χ2n) is 15.5. The molecule has 0 spiro atoms. The molecule has 1 aliphatic heterocycles. The molecular formula is C44H55N4O8P. The van der Waals surface area contributed by atoms with Crippen molar-refractivity contribution in [2.24, 2.45) is 11.8 Å². The van der Waals surface area contributed by atoms with Crippen molar-refractivity contribution in [2.45, 2.75) is 96.4 Å². The van der Waals surface area contributed by atoms with Gasteiger partial charge in [0.15, 0.2) is 0 Å². The van der Waals surface area contributed by atoms with Gasteiger partial charge in [0.25, 0.3) is 14.1 Å². The van der Waals surface area contributed by atoms with Crippen molar-refractivity contribution in [3.63, 3.8) is 0 Å². The second-order valence-corrected chi connectivity index (χ2v) is 16.9. The molecule has 1 saturated carbocycles. The van der Waals surface area contributed by atoms with Crippen molar-refractivity contribution in [2.75, 3.05) is 27.4 Å². The molecule has 1 saturated heterocycles. The average Bonchev–Trinajstić information content (AvgIpc) is 3.43. The van der Waals surface area contributed by atoms with Gasteiger partial charge >= 0.3 is 5.69 Å². The molecule has 57 heavy (non-hydrogen) atoms. The van der Waals surface area contributed by atoms with Crippen LogP contribution in [0.15, 0.2) is 94.6 Å². The molecule has 1 unspecified atom stereocenters. The van der Waals surface area contributed by atoms with Crippen LogP contribution < -0.4 is 20.7 Å². The van der Waals surface area contributed by atoms with Gasteiger partial charge in [-0.2, -0.15) is 5.26 Å². The zero-order chi connectivity index (χ0) is 40.9. The predicted octanol–water partition coefficient (Wildman–Crippen LogP) is 7.85. The molecular weight excluding hydrogens is 743 g/mol. The molecule has 6 atom stereocenters. The van der Waals surface area contributed by atoms with Crippen LogP contribution in [0.25, 0.3) is 0 Å². The van der Waals surface area contributed by atoms with Crippen molar-refractivity contribution in [1.82, 2.24) is 14.2 Å². The van der Waals surface area contributed by atoms with Crippen LogP contribution in [0.2, 0.25) is 0 Å². The molecule has 3 aromatic carbocycles. The number of fused-ring (bicyclic) bond motifs is 2. The number of nitrogens with zero attached hydrogens (tertiary/aromatic N) is 3. The highest BCUT2D eigenvalue weighted by molar-refractivity contribution is 7.44. The van der Waals surface area contributed by atoms with E-state index in [1.807, 2.05) is 66.7 Å². The molecule has 12 nitrogen and oxygen atoms in total. The van der Waals surface area contributed by atoms with Gasteiger partial charge in [-0.3, -0.25) is 14.3 Å². The van der Waals surface area contributed by atoms with Crippen molar-refractivity contribution in [3.05, 3.63) is 128 Å². The van der Waals surface area contributed by atoms with Gasteiger partial charge in [0.2, 0.25) is 0 Å². The van der Waals surface area contributed by atoms with E-state index in [1.165, 1.54) is 4.57 Å². The van der Waals surface area contributed by atoms with E-state index in [-0.39, 0.29) is 43.6 Å². The topological polar surface area (TPSA) is 137 Å². The number of aryl methyl sites for hydroxylation is 1. The van der Waals surface area contributed by atoms with Crippen molar-refractivity contribution >= 4 is 8.53 Å². The number of nitriles is 1. The van der Waals surface area contributed by atoms with E-state index in [4.69, 9.17) is 28.0 Å². The number of hydrogen-bond acceptors (Lipinski definition) is 10. The van der Waals surface area contributed by atoms with Crippen LogP contribution in [0.1, 0.15) is 82.4 Å². The van der Waals surface area contributed by atoms with Gasteiger partial charge in [-0.15, -0.1) is 0 Å². The Labute approximate surface area is 336 Å². The highest BCUT2D eigenvalue weighted by Crippen LogP contribution is 2.60. The number of methoxy groups -OCH3 is 2. The summed E-state index contributed by atoms with van der Waals surface area (Å²) in [6.45, 7) is 12.5. The van der Waals surface area contributed by atoms with Gasteiger partial charge < -0.3 is 28.0 Å². The minimum absolute atomic E-state index is 0.0549. The highest BCUT2D eigenvalue weighted by atomic mass is 31.2. The first-order valence-corrected chi connectivity index (χ1v) is 20.8. The van der Waals surface area contributed by atoms with E-state index in [9.17, 15) is 14.9 Å². The first-order valence-electron chi connectivity index (χ1n) is 19.6. The normalized spacial score (nSPS) is 22.5. The SMILES string of the molecule is COc1ccc(C(OC[C@@]23CC[C@H](C)[C@@H]([C@H](n4cc(C)c(=O)[nH]c4=O)O2)[C@@H]3OP(OCCC#N)N(C(C)C)C(C)C)(c2ccccc2)c2ccc(OC)cc2)cc1. The Morgan fingerprint density at radius 1 is 0.947 bits per heavy atom. The number of aromatic nitrogens is 2. The average molecular weight is 799 g/mol. The maximum atomic E-state index is 13.6. The Hall–Kier alpha value is -4.34. The lowest BCUT2D eigenvalue weighted by Gasteiger charge is -2.46. The minimum atomic E-state index is -1.72. The summed E-state index contributed by atoms with van der Waals surface area (Å²) in [6.07, 6.45) is 1.72. The number of aromatic amines is 1. The summed E-state index contributed by atoms with van der Waals surface area (Å²) in [6, 6.07) is 28.1. The highest BCUT2D eigenvalue weighted by Gasteiger charge is 2.63. The third-order valence-corrected chi connectivity index (χ3v) is 13.3. The van der Waals surface area contributed by atoms with Crippen LogP contribution in [-0.4, -0.2) is 65.4 Å². The third kappa shape index (κ3) is 8.47. The fraction of sp³-hybridized carbons (Fsp3) is 0.477. The maximum absolute atomic E-state index is 13.6. The predicted molar refractivity (Wildman–Crippen MR) is 219 cm³/mol. The zero-order valence-electron chi connectivity index (χ0n) is 34.1. The lowest BCUT2D eigenvalue weighted by Crippen LogP contribution is -2.53. The van der Waals surface area contributed by atoms with E-state index in [1.54, 1.807) is 27.3 Å². The van der Waals surface area contributed by atoms with Crippen molar-refractivity contribution in [3.8, 4) is 17.6 Å². The standard InChI is InChI=1S/C44H55N4O8P/c1-29(2)48(30(3)4)57(54-26-12-25-45)56-39-38-31(5)23-24-43(39,55-41(38)47-27-32(6)40(49)46-42(47)50)28-53-44(33-13-10-9-11-14-33,34-15-19-36(51-7)20-16-34)35-17-21-37(52-8)22-18-35/h9-11,13-22,27,29-31,38-39,41H,12,23-24,26,28H2,1-8H3,(H,46,49,50)/t31-,38+,39-,41+,43+,57?/m0/s1. The largest absolute Gasteiger partial charge is 0.497 e. The molecule has 2 aliphatic rings. The smallest absolute Gasteiger partial charge is 0.330 e. The monoisotopic (exact) mass is 798 g/mol. The first-order chi connectivity index (χ1) is 27.4. The molecule has 1 aromatic heterocycles. The summed E-state index contributed by atoms with van der Waals surface area (Å²) >= 11 is 0. The maximum Gasteiger partial charge on any atom is 0.330 e. The molecule has 1 aliphatic carbocycles. The van der Waals surface area contributed by atoms with E-state index in [0.717, 1.165) is 23.1 Å². The number of ether oxygens (including phenoxy) is 4. The fourth-order valence-electron chi connectivity index (χ4n) is 8.40. The Morgan fingerprint density at radius 2 is 1.53 bits per heavy atom.